The summed E-state index contributed by atoms with van der Waals surface area (Å²) in [5.74, 6) is 0.774. The minimum Gasteiger partial charge on any atom is -0.379 e. The molecule has 1 aromatic heterocycles. The van der Waals surface area contributed by atoms with Crippen LogP contribution in [0.25, 0.3) is 0 Å². The van der Waals surface area contributed by atoms with Crippen molar-refractivity contribution in [3.8, 4) is 6.07 Å². The molecule has 0 saturated carbocycles. The van der Waals surface area contributed by atoms with Crippen molar-refractivity contribution in [2.24, 2.45) is 0 Å². The second-order valence-electron chi connectivity index (χ2n) is 5.26. The maximum atomic E-state index is 9.11. The van der Waals surface area contributed by atoms with Crippen LogP contribution in [0.3, 0.4) is 0 Å². The topological polar surface area (TPSA) is 61.6 Å². The van der Waals surface area contributed by atoms with Gasteiger partial charge in [0, 0.05) is 11.9 Å². The van der Waals surface area contributed by atoms with Gasteiger partial charge in [0.1, 0.15) is 5.82 Å². The summed E-state index contributed by atoms with van der Waals surface area (Å²) in [6.07, 6.45) is 1.76. The van der Waals surface area contributed by atoms with Crippen molar-refractivity contribution in [3.63, 3.8) is 0 Å². The highest BCUT2D eigenvalue weighted by Crippen LogP contribution is 2.23. The number of rotatable bonds is 4. The van der Waals surface area contributed by atoms with Crippen LogP contribution in [0.5, 0.6) is 0 Å². The first kappa shape index (κ1) is 14.0. The fraction of sp³-hybridized carbons (Fsp3) is 0.312. The van der Waals surface area contributed by atoms with E-state index in [1.54, 1.807) is 6.20 Å². The molecule has 20 heavy (non-hydrogen) atoms. The molecule has 0 saturated heterocycles. The first-order valence-electron chi connectivity index (χ1n) is 6.55. The number of benzene rings is 1. The Bertz CT molecular complexity index is 624. The van der Waals surface area contributed by atoms with Crippen LogP contribution in [0.4, 0.5) is 5.69 Å². The predicted molar refractivity (Wildman–Crippen MR) is 79.2 cm³/mol. The molecule has 0 spiro atoms. The predicted octanol–water partition coefficient (Wildman–Crippen LogP) is 3.20. The van der Waals surface area contributed by atoms with Crippen LogP contribution in [0.15, 0.2) is 36.5 Å². The SMILES string of the molecule is Cc1nccc(CNc2ccc(C(C)(C)C#N)cc2)n1. The van der Waals surface area contributed by atoms with Crippen LogP contribution in [-0.2, 0) is 12.0 Å². The minimum absolute atomic E-state index is 0.456. The quantitative estimate of drug-likeness (QED) is 0.923. The summed E-state index contributed by atoms with van der Waals surface area (Å²) in [6, 6.07) is 12.1. The smallest absolute Gasteiger partial charge is 0.125 e. The van der Waals surface area contributed by atoms with E-state index in [0.29, 0.717) is 6.54 Å². The van der Waals surface area contributed by atoms with Gasteiger partial charge in [0.25, 0.3) is 0 Å². The summed E-state index contributed by atoms with van der Waals surface area (Å²) in [5.41, 5.74) is 2.53. The molecule has 0 fully saturated rings. The maximum Gasteiger partial charge on any atom is 0.125 e. The zero-order valence-corrected chi connectivity index (χ0v) is 12.0. The highest BCUT2D eigenvalue weighted by Gasteiger charge is 2.18. The van der Waals surface area contributed by atoms with Crippen molar-refractivity contribution in [1.82, 2.24) is 9.97 Å². The molecule has 4 heteroatoms. The standard InChI is InChI=1S/C16H18N4/c1-12-18-9-8-15(20-12)10-19-14-6-4-13(5-7-14)16(2,3)11-17/h4-9,19H,10H2,1-3H3. The van der Waals surface area contributed by atoms with Crippen LogP contribution in [0, 0.1) is 18.3 Å². The molecule has 102 valence electrons. The van der Waals surface area contributed by atoms with Crippen LogP contribution in [-0.4, -0.2) is 9.97 Å². The molecule has 0 aliphatic rings. The molecule has 0 radical (unpaired) electrons. The fourth-order valence-electron chi connectivity index (χ4n) is 1.87. The number of aryl methyl sites for hydroxylation is 1. The Balaban J connectivity index is 2.03. The molecule has 1 N–H and O–H groups in total. The van der Waals surface area contributed by atoms with E-state index in [0.717, 1.165) is 22.8 Å². The van der Waals surface area contributed by atoms with Crippen molar-refractivity contribution in [2.45, 2.75) is 32.7 Å². The van der Waals surface area contributed by atoms with E-state index < -0.39 is 5.41 Å². The van der Waals surface area contributed by atoms with Crippen molar-refractivity contribution in [3.05, 3.63) is 53.6 Å². The Kier molecular flexibility index (Phi) is 3.99. The molecule has 4 nitrogen and oxygen atoms in total. The summed E-state index contributed by atoms with van der Waals surface area (Å²) in [7, 11) is 0. The lowest BCUT2D eigenvalue weighted by atomic mass is 9.86. The van der Waals surface area contributed by atoms with E-state index >= 15 is 0 Å². The molecular formula is C16H18N4. The molecule has 0 bridgehead atoms. The summed E-state index contributed by atoms with van der Waals surface area (Å²) < 4.78 is 0. The van der Waals surface area contributed by atoms with Gasteiger partial charge in [-0.15, -0.1) is 0 Å². The Labute approximate surface area is 119 Å². The van der Waals surface area contributed by atoms with Crippen molar-refractivity contribution >= 4 is 5.69 Å². The zero-order valence-electron chi connectivity index (χ0n) is 12.0. The van der Waals surface area contributed by atoms with Gasteiger partial charge < -0.3 is 5.32 Å². The van der Waals surface area contributed by atoms with Crippen LogP contribution in [0.1, 0.15) is 30.9 Å². The molecule has 1 aromatic carbocycles. The third kappa shape index (κ3) is 3.33. The van der Waals surface area contributed by atoms with Gasteiger partial charge in [0.15, 0.2) is 0 Å². The number of nitriles is 1. The van der Waals surface area contributed by atoms with E-state index in [1.807, 2.05) is 51.1 Å². The minimum atomic E-state index is -0.456. The normalized spacial score (nSPS) is 10.9. The van der Waals surface area contributed by atoms with Gasteiger partial charge in [-0.1, -0.05) is 12.1 Å². The molecule has 0 amide bonds. The molecule has 0 atom stereocenters. The Morgan fingerprint density at radius 3 is 2.50 bits per heavy atom. The molecule has 0 unspecified atom stereocenters. The molecule has 0 aliphatic carbocycles. The fourth-order valence-corrected chi connectivity index (χ4v) is 1.87. The van der Waals surface area contributed by atoms with Gasteiger partial charge in [-0.2, -0.15) is 5.26 Å². The van der Waals surface area contributed by atoms with Gasteiger partial charge in [-0.3, -0.25) is 0 Å². The van der Waals surface area contributed by atoms with E-state index in [1.165, 1.54) is 0 Å². The van der Waals surface area contributed by atoms with E-state index in [4.69, 9.17) is 5.26 Å². The van der Waals surface area contributed by atoms with E-state index in [2.05, 4.69) is 21.4 Å². The lowest BCUT2D eigenvalue weighted by Gasteiger charge is -2.16. The summed E-state index contributed by atoms with van der Waals surface area (Å²) in [5, 5.41) is 12.4. The third-order valence-electron chi connectivity index (χ3n) is 3.19. The van der Waals surface area contributed by atoms with Gasteiger partial charge in [-0.05, 0) is 44.5 Å². The van der Waals surface area contributed by atoms with Gasteiger partial charge in [0.05, 0.1) is 23.7 Å². The average Bonchev–Trinajstić information content (AvgIpc) is 2.46. The second kappa shape index (κ2) is 5.70. The highest BCUT2D eigenvalue weighted by molar-refractivity contribution is 5.47. The van der Waals surface area contributed by atoms with Crippen molar-refractivity contribution in [1.29, 1.82) is 5.26 Å². The van der Waals surface area contributed by atoms with Gasteiger partial charge >= 0.3 is 0 Å². The molecule has 2 rings (SSSR count). The monoisotopic (exact) mass is 266 g/mol. The molecule has 2 aromatic rings. The van der Waals surface area contributed by atoms with Crippen LogP contribution in [0.2, 0.25) is 0 Å². The van der Waals surface area contributed by atoms with Gasteiger partial charge in [-0.25, -0.2) is 9.97 Å². The van der Waals surface area contributed by atoms with E-state index in [9.17, 15) is 0 Å². The highest BCUT2D eigenvalue weighted by atomic mass is 14.9. The summed E-state index contributed by atoms with van der Waals surface area (Å²) in [4.78, 5) is 8.41. The zero-order chi connectivity index (χ0) is 14.6. The van der Waals surface area contributed by atoms with Crippen molar-refractivity contribution in [2.75, 3.05) is 5.32 Å². The largest absolute Gasteiger partial charge is 0.379 e. The Morgan fingerprint density at radius 2 is 1.90 bits per heavy atom. The number of nitrogens with zero attached hydrogens (tertiary/aromatic N) is 3. The molecule has 1 heterocycles. The molecular weight excluding hydrogens is 248 g/mol. The Hall–Kier alpha value is -2.41. The second-order valence-corrected chi connectivity index (χ2v) is 5.26. The number of aromatic nitrogens is 2. The third-order valence-corrected chi connectivity index (χ3v) is 3.19. The summed E-state index contributed by atoms with van der Waals surface area (Å²) >= 11 is 0. The number of hydrogen-bond acceptors (Lipinski definition) is 4. The lowest BCUT2D eigenvalue weighted by Crippen LogP contribution is -2.13. The van der Waals surface area contributed by atoms with Crippen LogP contribution < -0.4 is 5.32 Å². The first-order chi connectivity index (χ1) is 9.51. The number of anilines is 1. The molecule has 0 aliphatic heterocycles. The van der Waals surface area contributed by atoms with Crippen molar-refractivity contribution < 1.29 is 0 Å². The number of nitrogens with one attached hydrogen (secondary N) is 1. The lowest BCUT2D eigenvalue weighted by molar-refractivity contribution is 0.687. The van der Waals surface area contributed by atoms with Gasteiger partial charge in [0.2, 0.25) is 0 Å². The van der Waals surface area contributed by atoms with E-state index in [-0.39, 0.29) is 0 Å². The average molecular weight is 266 g/mol. The Morgan fingerprint density at radius 1 is 1.20 bits per heavy atom. The maximum absolute atomic E-state index is 9.11. The summed E-state index contributed by atoms with van der Waals surface area (Å²) in [6.45, 7) is 6.37. The van der Waals surface area contributed by atoms with Crippen LogP contribution >= 0.6 is 0 Å². The number of hydrogen-bond donors (Lipinski definition) is 1. The first-order valence-corrected chi connectivity index (χ1v) is 6.55.